The van der Waals surface area contributed by atoms with Gasteiger partial charge in [0.25, 0.3) is 0 Å². The van der Waals surface area contributed by atoms with Crippen LogP contribution in [0.4, 0.5) is 0 Å². The van der Waals surface area contributed by atoms with Gasteiger partial charge in [-0.2, -0.15) is 0 Å². The molecule has 0 amide bonds. The summed E-state index contributed by atoms with van der Waals surface area (Å²) in [4.78, 5) is 11.1. The van der Waals surface area contributed by atoms with Gasteiger partial charge < -0.3 is 4.74 Å². The van der Waals surface area contributed by atoms with Gasteiger partial charge >= 0.3 is 5.97 Å². The van der Waals surface area contributed by atoms with E-state index in [1.165, 1.54) is 7.11 Å². The highest BCUT2D eigenvalue weighted by Crippen LogP contribution is 2.29. The average molecular weight is 257 g/mol. The van der Waals surface area contributed by atoms with E-state index in [4.69, 9.17) is 0 Å². The number of esters is 1. The molecule has 0 radical (unpaired) electrons. The number of ether oxygens (including phenoxy) is 1. The van der Waals surface area contributed by atoms with Crippen molar-refractivity contribution < 1.29 is 9.53 Å². The summed E-state index contributed by atoms with van der Waals surface area (Å²) in [6.07, 6.45) is 0. The Morgan fingerprint density at radius 3 is 2.14 bits per heavy atom. The predicted octanol–water partition coefficient (Wildman–Crippen LogP) is 3.10. The van der Waals surface area contributed by atoms with Crippen LogP contribution < -0.4 is 0 Å². The van der Waals surface area contributed by atoms with Crippen LogP contribution in [0.3, 0.4) is 0 Å². The molecule has 0 aliphatic rings. The van der Waals surface area contributed by atoms with Gasteiger partial charge in [0.05, 0.1) is 12.7 Å². The Morgan fingerprint density at radius 2 is 1.79 bits per heavy atom. The minimum absolute atomic E-state index is 0.0678. The Balaban J connectivity index is 2.95. The van der Waals surface area contributed by atoms with E-state index in [0.717, 1.165) is 5.56 Å². The number of hydrogen-bond acceptors (Lipinski definition) is 2. The van der Waals surface area contributed by atoms with Crippen molar-refractivity contribution in [2.75, 3.05) is 7.11 Å². The smallest absolute Gasteiger partial charge is 0.337 e. The summed E-state index contributed by atoms with van der Waals surface area (Å²) in [6, 6.07) is 7.37. The molecule has 1 aromatic carbocycles. The highest BCUT2D eigenvalue weighted by molar-refractivity contribution is 9.09. The molecule has 1 aromatic rings. The second kappa shape index (κ2) is 4.13. The second-order valence-corrected chi connectivity index (χ2v) is 5.52. The number of hydrogen-bond donors (Lipinski definition) is 0. The Morgan fingerprint density at radius 1 is 1.29 bits per heavy atom. The lowest BCUT2D eigenvalue weighted by molar-refractivity contribution is 0.0600. The number of carbonyl (C=O) groups is 1. The molecule has 0 N–H and O–H groups in total. The van der Waals surface area contributed by atoms with Gasteiger partial charge in [0.2, 0.25) is 0 Å². The molecule has 0 heterocycles. The van der Waals surface area contributed by atoms with Crippen LogP contribution in [0.2, 0.25) is 0 Å². The quantitative estimate of drug-likeness (QED) is 0.601. The Hall–Kier alpha value is -0.830. The zero-order valence-corrected chi connectivity index (χ0v) is 10.1. The lowest BCUT2D eigenvalue weighted by atomic mass is 10.0. The molecule has 1 rings (SSSR count). The van der Waals surface area contributed by atoms with Gasteiger partial charge in [-0.1, -0.05) is 28.1 Å². The first-order valence-electron chi connectivity index (χ1n) is 4.33. The molecule has 14 heavy (non-hydrogen) atoms. The summed E-state index contributed by atoms with van der Waals surface area (Å²) in [7, 11) is 1.38. The fraction of sp³-hybridized carbons (Fsp3) is 0.364. The molecule has 0 aliphatic heterocycles. The van der Waals surface area contributed by atoms with E-state index >= 15 is 0 Å². The van der Waals surface area contributed by atoms with E-state index in [9.17, 15) is 4.79 Å². The molecule has 3 heteroatoms. The lowest BCUT2D eigenvalue weighted by Crippen LogP contribution is -2.07. The monoisotopic (exact) mass is 256 g/mol. The maximum absolute atomic E-state index is 11.1. The van der Waals surface area contributed by atoms with E-state index in [-0.39, 0.29) is 10.3 Å². The van der Waals surface area contributed by atoms with Gasteiger partial charge in [-0.25, -0.2) is 4.79 Å². The molecule has 0 saturated heterocycles. The SMILES string of the molecule is COC(=O)c1ccc(C(C)(C)Br)cc1. The van der Waals surface area contributed by atoms with Crippen LogP contribution in [-0.2, 0) is 9.06 Å². The van der Waals surface area contributed by atoms with Crippen molar-refractivity contribution in [1.29, 1.82) is 0 Å². The summed E-state index contributed by atoms with van der Waals surface area (Å²) < 4.78 is 4.54. The van der Waals surface area contributed by atoms with Crippen LogP contribution in [0.1, 0.15) is 29.8 Å². The van der Waals surface area contributed by atoms with E-state index in [1.807, 2.05) is 12.1 Å². The fourth-order valence-corrected chi connectivity index (χ4v) is 1.38. The number of carbonyl (C=O) groups excluding carboxylic acids is 1. The predicted molar refractivity (Wildman–Crippen MR) is 59.7 cm³/mol. The lowest BCUT2D eigenvalue weighted by Gasteiger charge is -2.16. The van der Waals surface area contributed by atoms with Crippen LogP contribution in [0.25, 0.3) is 0 Å². The molecule has 0 bridgehead atoms. The van der Waals surface area contributed by atoms with Crippen molar-refractivity contribution in [2.24, 2.45) is 0 Å². The zero-order chi connectivity index (χ0) is 10.8. The van der Waals surface area contributed by atoms with Crippen LogP contribution in [-0.4, -0.2) is 13.1 Å². The van der Waals surface area contributed by atoms with Crippen LogP contribution >= 0.6 is 15.9 Å². The third-order valence-electron chi connectivity index (χ3n) is 1.99. The maximum atomic E-state index is 11.1. The Labute approximate surface area is 92.4 Å². The molecule has 0 saturated carbocycles. The van der Waals surface area contributed by atoms with Crippen molar-refractivity contribution in [3.8, 4) is 0 Å². The maximum Gasteiger partial charge on any atom is 0.337 e. The summed E-state index contributed by atoms with van der Waals surface area (Å²) in [5.74, 6) is -0.302. The summed E-state index contributed by atoms with van der Waals surface area (Å²) in [5.41, 5.74) is 1.71. The molecule has 0 fully saturated rings. The minimum Gasteiger partial charge on any atom is -0.465 e. The highest BCUT2D eigenvalue weighted by Gasteiger charge is 2.16. The molecule has 0 atom stereocenters. The van der Waals surface area contributed by atoms with Crippen molar-refractivity contribution in [3.63, 3.8) is 0 Å². The minimum atomic E-state index is -0.302. The van der Waals surface area contributed by atoms with Crippen LogP contribution in [0.5, 0.6) is 0 Å². The van der Waals surface area contributed by atoms with E-state index in [2.05, 4.69) is 34.5 Å². The van der Waals surface area contributed by atoms with Gasteiger partial charge in [-0.05, 0) is 31.5 Å². The van der Waals surface area contributed by atoms with Gasteiger partial charge in [0.1, 0.15) is 0 Å². The fourth-order valence-electron chi connectivity index (χ4n) is 1.12. The normalized spacial score (nSPS) is 11.1. The molecule has 76 valence electrons. The van der Waals surface area contributed by atoms with E-state index < -0.39 is 0 Å². The second-order valence-electron chi connectivity index (χ2n) is 3.54. The standard InChI is InChI=1S/C11H13BrO2/c1-11(2,12)9-6-4-8(5-7-9)10(13)14-3/h4-7H,1-3H3. The molecular weight excluding hydrogens is 244 g/mol. The van der Waals surface area contributed by atoms with Gasteiger partial charge in [-0.3, -0.25) is 0 Å². The number of benzene rings is 1. The van der Waals surface area contributed by atoms with Crippen LogP contribution in [0.15, 0.2) is 24.3 Å². The van der Waals surface area contributed by atoms with Gasteiger partial charge in [-0.15, -0.1) is 0 Å². The van der Waals surface area contributed by atoms with Gasteiger partial charge in [0, 0.05) is 4.32 Å². The van der Waals surface area contributed by atoms with Crippen LogP contribution in [0, 0.1) is 0 Å². The molecular formula is C11H13BrO2. The Kier molecular flexibility index (Phi) is 3.32. The van der Waals surface area contributed by atoms with E-state index in [1.54, 1.807) is 12.1 Å². The molecule has 0 spiro atoms. The first kappa shape index (κ1) is 11.2. The molecule has 0 aromatic heterocycles. The third kappa shape index (κ3) is 2.58. The van der Waals surface area contributed by atoms with Gasteiger partial charge in [0.15, 0.2) is 0 Å². The van der Waals surface area contributed by atoms with E-state index in [0.29, 0.717) is 5.56 Å². The average Bonchev–Trinajstić information content (AvgIpc) is 2.15. The Bertz CT molecular complexity index is 322. The molecule has 2 nitrogen and oxygen atoms in total. The first-order chi connectivity index (χ1) is 6.45. The topological polar surface area (TPSA) is 26.3 Å². The number of rotatable bonds is 2. The van der Waals surface area contributed by atoms with Crippen molar-refractivity contribution in [3.05, 3.63) is 35.4 Å². The van der Waals surface area contributed by atoms with Crippen molar-refractivity contribution in [1.82, 2.24) is 0 Å². The first-order valence-corrected chi connectivity index (χ1v) is 5.12. The molecule has 0 aliphatic carbocycles. The van der Waals surface area contributed by atoms with Crippen molar-refractivity contribution >= 4 is 21.9 Å². The van der Waals surface area contributed by atoms with Crippen molar-refractivity contribution in [2.45, 2.75) is 18.2 Å². The number of alkyl halides is 1. The summed E-state index contributed by atoms with van der Waals surface area (Å²) in [6.45, 7) is 4.11. The molecule has 0 unspecified atom stereocenters. The summed E-state index contributed by atoms with van der Waals surface area (Å²) in [5, 5.41) is 0. The number of methoxy groups -OCH3 is 1. The number of halogens is 1. The highest BCUT2D eigenvalue weighted by atomic mass is 79.9. The summed E-state index contributed by atoms with van der Waals surface area (Å²) >= 11 is 3.55. The third-order valence-corrected chi connectivity index (χ3v) is 2.45. The largest absolute Gasteiger partial charge is 0.465 e. The zero-order valence-electron chi connectivity index (χ0n) is 8.50.